The number of hydrogen-bond acceptors (Lipinski definition) is 3. The largest absolute Gasteiger partial charge is 0.373 e. The van der Waals surface area contributed by atoms with Gasteiger partial charge >= 0.3 is 0 Å². The summed E-state index contributed by atoms with van der Waals surface area (Å²) in [7, 11) is 1.91. The molecule has 0 radical (unpaired) electrons. The molecule has 1 rings (SSSR count). The minimum absolute atomic E-state index is 0.945. The zero-order valence-electron chi connectivity index (χ0n) is 11.4. The van der Waals surface area contributed by atoms with Crippen molar-refractivity contribution >= 4 is 11.5 Å². The second-order valence-corrected chi connectivity index (χ2v) is 4.34. The topological polar surface area (TPSA) is 28.2 Å². The van der Waals surface area contributed by atoms with Crippen LogP contribution in [-0.4, -0.2) is 25.1 Å². The predicted octanol–water partition coefficient (Wildman–Crippen LogP) is 3.53. The molecule has 17 heavy (non-hydrogen) atoms. The van der Waals surface area contributed by atoms with Gasteiger partial charge in [0.1, 0.15) is 5.82 Å². The van der Waals surface area contributed by atoms with Gasteiger partial charge in [-0.25, -0.2) is 4.98 Å². The quantitative estimate of drug-likeness (QED) is 0.747. The molecule has 3 nitrogen and oxygen atoms in total. The molecule has 0 aliphatic carbocycles. The third-order valence-electron chi connectivity index (χ3n) is 2.93. The smallest absolute Gasteiger partial charge is 0.127 e. The lowest BCUT2D eigenvalue weighted by atomic mass is 10.2. The zero-order valence-corrected chi connectivity index (χ0v) is 11.4. The van der Waals surface area contributed by atoms with Crippen molar-refractivity contribution < 1.29 is 0 Å². The van der Waals surface area contributed by atoms with Crippen LogP contribution >= 0.6 is 0 Å². The number of nitrogens with one attached hydrogen (secondary N) is 1. The summed E-state index contributed by atoms with van der Waals surface area (Å²) in [6, 6.07) is 4.23. The lowest BCUT2D eigenvalue weighted by molar-refractivity contribution is 0.678. The lowest BCUT2D eigenvalue weighted by Gasteiger charge is -2.24. The Hall–Kier alpha value is -1.25. The van der Waals surface area contributed by atoms with Gasteiger partial charge in [0.25, 0.3) is 0 Å². The summed E-state index contributed by atoms with van der Waals surface area (Å²) in [6.07, 6.45) is 6.87. The molecule has 1 N–H and O–H groups in total. The monoisotopic (exact) mass is 235 g/mol. The standard InChI is InChI=1S/C14H25N3/c1-4-6-10-17(11-7-5-2)13-8-9-16-14(12-13)15-3/h8-9,12H,4-7,10-11H2,1-3H3,(H,15,16). The van der Waals surface area contributed by atoms with Crippen molar-refractivity contribution in [1.82, 2.24) is 4.98 Å². The number of rotatable bonds is 8. The number of hydrogen-bond donors (Lipinski definition) is 1. The first-order valence-corrected chi connectivity index (χ1v) is 6.70. The van der Waals surface area contributed by atoms with E-state index in [1.807, 2.05) is 13.2 Å². The second kappa shape index (κ2) is 7.93. The molecule has 1 aromatic rings. The number of pyridine rings is 1. The van der Waals surface area contributed by atoms with E-state index in [2.05, 4.69) is 41.2 Å². The summed E-state index contributed by atoms with van der Waals surface area (Å²) >= 11 is 0. The van der Waals surface area contributed by atoms with E-state index in [1.54, 1.807) is 0 Å². The molecular weight excluding hydrogens is 210 g/mol. The van der Waals surface area contributed by atoms with Crippen molar-refractivity contribution in [2.45, 2.75) is 39.5 Å². The maximum atomic E-state index is 4.26. The van der Waals surface area contributed by atoms with Gasteiger partial charge < -0.3 is 10.2 Å². The molecule has 0 bridgehead atoms. The number of anilines is 2. The first-order chi connectivity index (χ1) is 8.31. The van der Waals surface area contributed by atoms with Gasteiger partial charge in [-0.2, -0.15) is 0 Å². The van der Waals surface area contributed by atoms with E-state index in [9.17, 15) is 0 Å². The van der Waals surface area contributed by atoms with Gasteiger partial charge in [0.05, 0.1) is 0 Å². The second-order valence-electron chi connectivity index (χ2n) is 4.34. The van der Waals surface area contributed by atoms with Crippen LogP contribution in [0.15, 0.2) is 18.3 Å². The van der Waals surface area contributed by atoms with E-state index in [0.29, 0.717) is 0 Å². The van der Waals surface area contributed by atoms with Crippen LogP contribution in [0.3, 0.4) is 0 Å². The maximum Gasteiger partial charge on any atom is 0.127 e. The third-order valence-corrected chi connectivity index (χ3v) is 2.93. The molecule has 0 amide bonds. The normalized spacial score (nSPS) is 10.3. The fourth-order valence-electron chi connectivity index (χ4n) is 1.82. The molecule has 0 saturated heterocycles. The van der Waals surface area contributed by atoms with E-state index < -0.39 is 0 Å². The Kier molecular flexibility index (Phi) is 6.45. The molecule has 0 spiro atoms. The van der Waals surface area contributed by atoms with Crippen LogP contribution in [0.1, 0.15) is 39.5 Å². The van der Waals surface area contributed by atoms with Gasteiger partial charge in [0, 0.05) is 38.1 Å². The first kappa shape index (κ1) is 13.8. The average molecular weight is 235 g/mol. The average Bonchev–Trinajstić information content (AvgIpc) is 2.39. The predicted molar refractivity (Wildman–Crippen MR) is 75.8 cm³/mol. The zero-order chi connectivity index (χ0) is 12.5. The molecule has 0 fully saturated rings. The Morgan fingerprint density at radius 1 is 1.18 bits per heavy atom. The van der Waals surface area contributed by atoms with Crippen molar-refractivity contribution in [2.24, 2.45) is 0 Å². The van der Waals surface area contributed by atoms with Crippen molar-refractivity contribution in [2.75, 3.05) is 30.4 Å². The van der Waals surface area contributed by atoms with Gasteiger partial charge in [-0.15, -0.1) is 0 Å². The van der Waals surface area contributed by atoms with Gasteiger partial charge in [-0.3, -0.25) is 0 Å². The van der Waals surface area contributed by atoms with E-state index in [4.69, 9.17) is 0 Å². The fraction of sp³-hybridized carbons (Fsp3) is 0.643. The molecule has 0 unspecified atom stereocenters. The van der Waals surface area contributed by atoms with E-state index in [-0.39, 0.29) is 0 Å². The molecule has 0 aliphatic heterocycles. The lowest BCUT2D eigenvalue weighted by Crippen LogP contribution is -2.25. The highest BCUT2D eigenvalue weighted by Gasteiger charge is 2.06. The molecule has 0 atom stereocenters. The molecule has 0 saturated carbocycles. The Bertz CT molecular complexity index is 304. The van der Waals surface area contributed by atoms with Crippen LogP contribution in [0.2, 0.25) is 0 Å². The van der Waals surface area contributed by atoms with Crippen LogP contribution in [0.5, 0.6) is 0 Å². The molecule has 1 aromatic heterocycles. The van der Waals surface area contributed by atoms with Crippen LogP contribution < -0.4 is 10.2 Å². The number of nitrogens with zero attached hydrogens (tertiary/aromatic N) is 2. The minimum atomic E-state index is 0.945. The highest BCUT2D eigenvalue weighted by atomic mass is 15.1. The Balaban J connectivity index is 2.71. The van der Waals surface area contributed by atoms with Crippen molar-refractivity contribution in [3.63, 3.8) is 0 Å². The number of aromatic nitrogens is 1. The Morgan fingerprint density at radius 2 is 1.82 bits per heavy atom. The molecule has 1 heterocycles. The SMILES string of the molecule is CCCCN(CCCC)c1ccnc(NC)c1. The summed E-state index contributed by atoms with van der Waals surface area (Å²) in [5.74, 6) is 0.945. The van der Waals surface area contributed by atoms with Crippen molar-refractivity contribution in [3.8, 4) is 0 Å². The highest BCUT2D eigenvalue weighted by molar-refractivity contribution is 5.53. The summed E-state index contributed by atoms with van der Waals surface area (Å²) in [5, 5.41) is 3.10. The van der Waals surface area contributed by atoms with Gasteiger partial charge in [-0.05, 0) is 18.9 Å². The van der Waals surface area contributed by atoms with Crippen molar-refractivity contribution in [1.29, 1.82) is 0 Å². The highest BCUT2D eigenvalue weighted by Crippen LogP contribution is 2.18. The van der Waals surface area contributed by atoms with Crippen LogP contribution in [0.25, 0.3) is 0 Å². The van der Waals surface area contributed by atoms with Crippen LogP contribution in [-0.2, 0) is 0 Å². The van der Waals surface area contributed by atoms with Gasteiger partial charge in [-0.1, -0.05) is 26.7 Å². The number of unbranched alkanes of at least 4 members (excludes halogenated alkanes) is 2. The van der Waals surface area contributed by atoms with Gasteiger partial charge in [0.15, 0.2) is 0 Å². The summed E-state index contributed by atoms with van der Waals surface area (Å²) in [5.41, 5.74) is 1.28. The van der Waals surface area contributed by atoms with Crippen molar-refractivity contribution in [3.05, 3.63) is 18.3 Å². The van der Waals surface area contributed by atoms with Gasteiger partial charge in [0.2, 0.25) is 0 Å². The minimum Gasteiger partial charge on any atom is -0.373 e. The summed E-state index contributed by atoms with van der Waals surface area (Å²) < 4.78 is 0. The molecule has 96 valence electrons. The van der Waals surface area contributed by atoms with E-state index in [0.717, 1.165) is 18.9 Å². The van der Waals surface area contributed by atoms with E-state index in [1.165, 1.54) is 31.4 Å². The van der Waals surface area contributed by atoms with E-state index >= 15 is 0 Å². The van der Waals surface area contributed by atoms with Crippen LogP contribution in [0, 0.1) is 0 Å². The first-order valence-electron chi connectivity index (χ1n) is 6.70. The molecular formula is C14H25N3. The molecule has 0 aliphatic rings. The fourth-order valence-corrected chi connectivity index (χ4v) is 1.82. The molecule has 3 heteroatoms. The Labute approximate surface area is 105 Å². The summed E-state index contributed by atoms with van der Waals surface area (Å²) in [4.78, 5) is 6.73. The van der Waals surface area contributed by atoms with Crippen LogP contribution in [0.4, 0.5) is 11.5 Å². The third kappa shape index (κ3) is 4.63. The summed E-state index contributed by atoms with van der Waals surface area (Å²) in [6.45, 7) is 6.76. The molecule has 0 aromatic carbocycles. The Morgan fingerprint density at radius 3 is 2.35 bits per heavy atom. The maximum absolute atomic E-state index is 4.26.